The molecule has 0 saturated carbocycles. The van der Waals surface area contributed by atoms with Gasteiger partial charge in [-0.1, -0.05) is 78.9 Å². The van der Waals surface area contributed by atoms with Gasteiger partial charge >= 0.3 is 6.09 Å². The molecule has 3 N–H and O–H groups in total. The van der Waals surface area contributed by atoms with Crippen LogP contribution in [-0.2, 0) is 20.7 Å². The molecule has 11 nitrogen and oxygen atoms in total. The zero-order chi connectivity index (χ0) is 34.0. The number of hydrogen-bond donors (Lipinski definition) is 4. The van der Waals surface area contributed by atoms with Gasteiger partial charge < -0.3 is 29.8 Å². The summed E-state index contributed by atoms with van der Waals surface area (Å²) in [5.74, 6) is -0.0516. The molecule has 1 fully saturated rings. The Hall–Kier alpha value is -5.04. The molecule has 4 atom stereocenters. The minimum absolute atomic E-state index is 0.117. The van der Waals surface area contributed by atoms with Crippen molar-refractivity contribution >= 4 is 30.3 Å². The van der Waals surface area contributed by atoms with Gasteiger partial charge in [0.15, 0.2) is 0 Å². The third kappa shape index (κ3) is 8.52. The van der Waals surface area contributed by atoms with Crippen molar-refractivity contribution < 1.29 is 23.5 Å². The number of methoxy groups -OCH3 is 1. The Kier molecular flexibility index (Phi) is 11.3. The van der Waals surface area contributed by atoms with Gasteiger partial charge in [0, 0.05) is 42.7 Å². The second kappa shape index (κ2) is 16.4. The van der Waals surface area contributed by atoms with Crippen molar-refractivity contribution in [1.82, 2.24) is 25.8 Å². The number of aryl methyl sites for hydroxylation is 1. The third-order valence-electron chi connectivity index (χ3n) is 8.46. The molecule has 3 aromatic carbocycles. The van der Waals surface area contributed by atoms with Crippen molar-refractivity contribution in [3.05, 3.63) is 132 Å². The SMILES string of the molecule is COC(=O)N[C@H](C(=O)Nc1ccccc1CC[C@@H]1CNC[C@@H](C(S)c2nnc(-c3ccncc3)o2)O1)C(c1ccccc1)c1ccccc1. The fourth-order valence-electron chi connectivity index (χ4n) is 5.98. The topological polar surface area (TPSA) is 140 Å². The van der Waals surface area contributed by atoms with Crippen molar-refractivity contribution in [2.24, 2.45) is 0 Å². The average Bonchev–Trinajstić information content (AvgIpc) is 3.66. The summed E-state index contributed by atoms with van der Waals surface area (Å²) in [6.07, 6.45) is 3.56. The summed E-state index contributed by atoms with van der Waals surface area (Å²) in [7, 11) is 1.28. The number of alkyl carbamates (subject to hydrolysis) is 1. The van der Waals surface area contributed by atoms with Crippen molar-refractivity contribution in [3.63, 3.8) is 0 Å². The van der Waals surface area contributed by atoms with E-state index < -0.39 is 23.3 Å². The second-order valence-corrected chi connectivity index (χ2v) is 12.2. The first kappa shape index (κ1) is 33.8. The van der Waals surface area contributed by atoms with E-state index in [0.29, 0.717) is 43.4 Å². The molecule has 0 radical (unpaired) electrons. The number of nitrogens with zero attached hydrogens (tertiary/aromatic N) is 3. The van der Waals surface area contributed by atoms with Crippen LogP contribution in [0.15, 0.2) is 114 Å². The summed E-state index contributed by atoms with van der Waals surface area (Å²) in [6.45, 7) is 1.25. The molecule has 1 unspecified atom stereocenters. The Bertz CT molecular complexity index is 1770. The molecule has 1 saturated heterocycles. The van der Waals surface area contributed by atoms with Gasteiger partial charge in [-0.25, -0.2) is 4.79 Å². The Balaban J connectivity index is 1.14. The Morgan fingerprint density at radius 2 is 1.59 bits per heavy atom. The van der Waals surface area contributed by atoms with E-state index in [4.69, 9.17) is 26.5 Å². The highest BCUT2D eigenvalue weighted by atomic mass is 32.1. The number of carbonyl (C=O) groups excluding carboxylic acids is 2. The van der Waals surface area contributed by atoms with E-state index in [1.54, 1.807) is 24.5 Å². The Morgan fingerprint density at radius 3 is 2.29 bits per heavy atom. The maximum atomic E-state index is 14.1. The fraction of sp³-hybridized carbons (Fsp3) is 0.270. The van der Waals surface area contributed by atoms with Crippen LogP contribution in [0.4, 0.5) is 10.5 Å². The summed E-state index contributed by atoms with van der Waals surface area (Å²) < 4.78 is 17.3. The largest absolute Gasteiger partial charge is 0.453 e. The van der Waals surface area contributed by atoms with Crippen LogP contribution in [-0.4, -0.2) is 65.6 Å². The molecule has 12 heteroatoms. The number of ether oxygens (including phenoxy) is 2. The van der Waals surface area contributed by atoms with Crippen LogP contribution < -0.4 is 16.0 Å². The zero-order valence-corrected chi connectivity index (χ0v) is 27.8. The molecule has 0 bridgehead atoms. The quantitative estimate of drug-likeness (QED) is 0.124. The fourth-order valence-corrected chi connectivity index (χ4v) is 6.26. The highest BCUT2D eigenvalue weighted by molar-refractivity contribution is 7.80. The molecule has 0 spiro atoms. The van der Waals surface area contributed by atoms with Crippen LogP contribution in [0.5, 0.6) is 0 Å². The minimum atomic E-state index is -0.965. The molecular weight excluding hydrogens is 641 g/mol. The predicted octanol–water partition coefficient (Wildman–Crippen LogP) is 5.59. The second-order valence-electron chi connectivity index (χ2n) is 11.7. The maximum Gasteiger partial charge on any atom is 0.407 e. The van der Waals surface area contributed by atoms with E-state index in [0.717, 1.165) is 22.3 Å². The van der Waals surface area contributed by atoms with Gasteiger partial charge in [0.05, 0.1) is 19.3 Å². The van der Waals surface area contributed by atoms with E-state index in [9.17, 15) is 9.59 Å². The first-order valence-electron chi connectivity index (χ1n) is 16.1. The first-order chi connectivity index (χ1) is 24.0. The van der Waals surface area contributed by atoms with Crippen LogP contribution in [0.3, 0.4) is 0 Å². The van der Waals surface area contributed by atoms with Gasteiger partial charge in [0.1, 0.15) is 11.3 Å². The van der Waals surface area contributed by atoms with Gasteiger partial charge in [-0.3, -0.25) is 9.78 Å². The van der Waals surface area contributed by atoms with Crippen LogP contribution in [0.1, 0.15) is 40.2 Å². The summed E-state index contributed by atoms with van der Waals surface area (Å²) >= 11 is 4.78. The summed E-state index contributed by atoms with van der Waals surface area (Å²) in [4.78, 5) is 30.7. The van der Waals surface area contributed by atoms with Crippen LogP contribution in [0.2, 0.25) is 0 Å². The number of nitrogens with one attached hydrogen (secondary N) is 3. The number of pyridine rings is 1. The number of aromatic nitrogens is 3. The van der Waals surface area contributed by atoms with E-state index in [-0.39, 0.29) is 18.1 Å². The predicted molar refractivity (Wildman–Crippen MR) is 188 cm³/mol. The molecule has 0 aliphatic carbocycles. The Labute approximate surface area is 290 Å². The summed E-state index contributed by atoms with van der Waals surface area (Å²) in [5, 5.41) is 17.3. The van der Waals surface area contributed by atoms with Crippen LogP contribution in [0.25, 0.3) is 11.5 Å². The molecule has 1 aliphatic heterocycles. The molecule has 2 amide bonds. The van der Waals surface area contributed by atoms with Crippen molar-refractivity contribution in [2.75, 3.05) is 25.5 Å². The van der Waals surface area contributed by atoms with E-state index in [2.05, 4.69) is 31.1 Å². The average molecular weight is 679 g/mol. The minimum Gasteiger partial charge on any atom is -0.453 e. The van der Waals surface area contributed by atoms with Crippen molar-refractivity contribution in [2.45, 2.75) is 42.3 Å². The number of anilines is 1. The van der Waals surface area contributed by atoms with E-state index >= 15 is 0 Å². The maximum absolute atomic E-state index is 14.1. The number of amides is 2. The normalized spacial score (nSPS) is 17.2. The highest BCUT2D eigenvalue weighted by Gasteiger charge is 2.34. The van der Waals surface area contributed by atoms with E-state index in [1.807, 2.05) is 84.9 Å². The number of morpholine rings is 1. The zero-order valence-electron chi connectivity index (χ0n) is 26.9. The van der Waals surface area contributed by atoms with Gasteiger partial charge in [-0.2, -0.15) is 12.6 Å². The monoisotopic (exact) mass is 678 g/mol. The molecule has 1 aliphatic rings. The molecular formula is C37H38N6O5S. The van der Waals surface area contributed by atoms with Gasteiger partial charge in [0.25, 0.3) is 0 Å². The van der Waals surface area contributed by atoms with Crippen LogP contribution in [0, 0.1) is 0 Å². The van der Waals surface area contributed by atoms with Crippen molar-refractivity contribution in [1.29, 1.82) is 0 Å². The molecule has 2 aromatic heterocycles. The molecule has 5 aromatic rings. The lowest BCUT2D eigenvalue weighted by atomic mass is 9.84. The highest BCUT2D eigenvalue weighted by Crippen LogP contribution is 2.32. The van der Waals surface area contributed by atoms with Gasteiger partial charge in [0.2, 0.25) is 17.7 Å². The molecule has 6 rings (SSSR count). The smallest absolute Gasteiger partial charge is 0.407 e. The lowest BCUT2D eigenvalue weighted by Gasteiger charge is -2.33. The molecule has 49 heavy (non-hydrogen) atoms. The number of carbonyl (C=O) groups is 2. The van der Waals surface area contributed by atoms with Gasteiger partial charge in [-0.15, -0.1) is 10.2 Å². The molecule has 252 valence electrons. The van der Waals surface area contributed by atoms with Crippen molar-refractivity contribution in [3.8, 4) is 11.5 Å². The summed E-state index contributed by atoms with van der Waals surface area (Å²) in [5.41, 5.74) is 4.14. The number of hydrogen-bond acceptors (Lipinski definition) is 10. The Morgan fingerprint density at radius 1 is 0.918 bits per heavy atom. The lowest BCUT2D eigenvalue weighted by Crippen LogP contribution is -2.48. The first-order valence-corrected chi connectivity index (χ1v) is 16.6. The standard InChI is InChI=1S/C37H38N6O5S/c1-46-37(45)41-32(31(25-11-4-2-5-12-25)26-13-6-3-7-14-26)34(44)40-29-15-9-8-10-24(29)16-17-28-22-39-23-30(47-28)33(49)36-43-42-35(48-36)27-18-20-38-21-19-27/h2-15,18-21,28,30-33,39,49H,16-17,22-23H2,1H3,(H,40,44)(H,41,45)/t28-,30+,32+,33?/m1/s1. The third-order valence-corrected chi connectivity index (χ3v) is 9.01. The number of thiol groups is 1. The molecule has 3 heterocycles. The summed E-state index contributed by atoms with van der Waals surface area (Å²) in [6, 6.07) is 29.6. The number of para-hydroxylation sites is 1. The van der Waals surface area contributed by atoms with E-state index in [1.165, 1.54) is 7.11 Å². The van der Waals surface area contributed by atoms with Gasteiger partial charge in [-0.05, 0) is 47.7 Å². The number of rotatable bonds is 12. The lowest BCUT2D eigenvalue weighted by molar-refractivity contribution is -0.118. The number of benzene rings is 3. The van der Waals surface area contributed by atoms with Crippen LogP contribution >= 0.6 is 12.6 Å².